The number of sulfone groups is 1. The van der Waals surface area contributed by atoms with Gasteiger partial charge in [0, 0.05) is 19.5 Å². The average Bonchev–Trinajstić information content (AvgIpc) is 2.33. The van der Waals surface area contributed by atoms with Gasteiger partial charge in [-0.2, -0.15) is 0 Å². The lowest BCUT2D eigenvalue weighted by Crippen LogP contribution is -2.59. The van der Waals surface area contributed by atoms with E-state index in [1.54, 1.807) is 0 Å². The lowest BCUT2D eigenvalue weighted by Gasteiger charge is -2.32. The number of ether oxygens (including phenoxy) is 1. The lowest BCUT2D eigenvalue weighted by molar-refractivity contribution is -0.143. The number of carbonyl (C=O) groups is 2. The third kappa shape index (κ3) is 5.06. The van der Waals surface area contributed by atoms with Crippen molar-refractivity contribution >= 4 is 21.7 Å². The molecule has 9 heteroatoms. The molecule has 1 heterocycles. The maximum atomic E-state index is 12.1. The standard InChI is InChI=1S/C11H20N2O6S/c1-20(17,18)7-2-8(9(14)15)13-10(16)11(12)3-5-19-6-4-11/h8H,2-7,12H2,1H3,(H,13,16)(H,14,15). The van der Waals surface area contributed by atoms with Crippen LogP contribution in [-0.2, 0) is 24.2 Å². The Hall–Kier alpha value is -1.19. The molecule has 0 aromatic heterocycles. The number of amides is 1. The Balaban J connectivity index is 2.65. The van der Waals surface area contributed by atoms with Crippen molar-refractivity contribution in [2.45, 2.75) is 30.8 Å². The minimum atomic E-state index is -3.29. The summed E-state index contributed by atoms with van der Waals surface area (Å²) in [4.78, 5) is 23.1. The predicted molar refractivity (Wildman–Crippen MR) is 70.9 cm³/mol. The van der Waals surface area contributed by atoms with E-state index in [2.05, 4.69) is 5.32 Å². The monoisotopic (exact) mass is 308 g/mol. The van der Waals surface area contributed by atoms with Gasteiger partial charge in [-0.25, -0.2) is 13.2 Å². The van der Waals surface area contributed by atoms with Crippen molar-refractivity contribution in [3.63, 3.8) is 0 Å². The summed E-state index contributed by atoms with van der Waals surface area (Å²) in [7, 11) is -3.29. The topological polar surface area (TPSA) is 136 Å². The van der Waals surface area contributed by atoms with E-state index in [0.717, 1.165) is 6.26 Å². The van der Waals surface area contributed by atoms with E-state index in [-0.39, 0.29) is 12.2 Å². The number of hydrogen-bond donors (Lipinski definition) is 3. The minimum Gasteiger partial charge on any atom is -0.480 e. The molecule has 0 spiro atoms. The zero-order valence-corrected chi connectivity index (χ0v) is 12.1. The van der Waals surface area contributed by atoms with Crippen molar-refractivity contribution in [1.29, 1.82) is 0 Å². The number of nitrogens with one attached hydrogen (secondary N) is 1. The van der Waals surface area contributed by atoms with Crippen LogP contribution < -0.4 is 11.1 Å². The molecule has 0 aromatic rings. The number of hydrogen-bond acceptors (Lipinski definition) is 6. The number of aliphatic carboxylic acids is 1. The predicted octanol–water partition coefficient (Wildman–Crippen LogP) is -1.50. The normalized spacial score (nSPS) is 20.1. The number of carboxylic acid groups (broad SMARTS) is 1. The number of rotatable bonds is 6. The molecule has 1 amide bonds. The maximum Gasteiger partial charge on any atom is 0.326 e. The summed E-state index contributed by atoms with van der Waals surface area (Å²) in [5, 5.41) is 11.3. The fourth-order valence-electron chi connectivity index (χ4n) is 1.85. The highest BCUT2D eigenvalue weighted by atomic mass is 32.2. The zero-order valence-electron chi connectivity index (χ0n) is 11.3. The smallest absolute Gasteiger partial charge is 0.326 e. The van der Waals surface area contributed by atoms with E-state index in [4.69, 9.17) is 15.6 Å². The van der Waals surface area contributed by atoms with Gasteiger partial charge < -0.3 is 20.9 Å². The van der Waals surface area contributed by atoms with Crippen molar-refractivity contribution in [3.8, 4) is 0 Å². The first-order chi connectivity index (χ1) is 9.14. The van der Waals surface area contributed by atoms with E-state index in [1.807, 2.05) is 0 Å². The Kier molecular flexibility index (Phi) is 5.49. The molecule has 0 aromatic carbocycles. The van der Waals surface area contributed by atoms with Crippen molar-refractivity contribution in [2.24, 2.45) is 5.73 Å². The Morgan fingerprint density at radius 1 is 1.40 bits per heavy atom. The first-order valence-electron chi connectivity index (χ1n) is 6.22. The van der Waals surface area contributed by atoms with E-state index >= 15 is 0 Å². The van der Waals surface area contributed by atoms with E-state index in [9.17, 15) is 18.0 Å². The molecule has 1 aliphatic rings. The molecular weight excluding hydrogens is 288 g/mol. The molecular formula is C11H20N2O6S. The Morgan fingerprint density at radius 2 is 1.95 bits per heavy atom. The van der Waals surface area contributed by atoms with Crippen molar-refractivity contribution in [2.75, 3.05) is 25.2 Å². The van der Waals surface area contributed by atoms with Crippen LogP contribution in [0.2, 0.25) is 0 Å². The van der Waals surface area contributed by atoms with Crippen molar-refractivity contribution in [3.05, 3.63) is 0 Å². The third-order valence-electron chi connectivity index (χ3n) is 3.22. The number of nitrogens with two attached hydrogens (primary N) is 1. The summed E-state index contributed by atoms with van der Waals surface area (Å²) in [6, 6.07) is -1.26. The van der Waals surface area contributed by atoms with Gasteiger partial charge in [-0.05, 0) is 19.3 Å². The van der Waals surface area contributed by atoms with Crippen LogP contribution in [-0.4, -0.2) is 62.2 Å². The molecule has 1 atom stereocenters. The number of carbonyl (C=O) groups excluding carboxylic acids is 1. The molecule has 0 aliphatic carbocycles. The molecule has 1 rings (SSSR count). The first-order valence-corrected chi connectivity index (χ1v) is 8.28. The van der Waals surface area contributed by atoms with Crippen LogP contribution in [0.4, 0.5) is 0 Å². The van der Waals surface area contributed by atoms with Gasteiger partial charge in [-0.15, -0.1) is 0 Å². The number of carboxylic acids is 1. The van der Waals surface area contributed by atoms with E-state index < -0.39 is 33.3 Å². The Bertz CT molecular complexity index is 469. The second kappa shape index (κ2) is 6.51. The van der Waals surface area contributed by atoms with Gasteiger partial charge >= 0.3 is 5.97 Å². The van der Waals surface area contributed by atoms with Crippen LogP contribution >= 0.6 is 0 Å². The van der Waals surface area contributed by atoms with Crippen LogP contribution in [0.25, 0.3) is 0 Å². The molecule has 8 nitrogen and oxygen atoms in total. The van der Waals surface area contributed by atoms with Crippen LogP contribution in [0.15, 0.2) is 0 Å². The van der Waals surface area contributed by atoms with E-state index in [1.165, 1.54) is 0 Å². The van der Waals surface area contributed by atoms with Gasteiger partial charge in [-0.1, -0.05) is 0 Å². The van der Waals surface area contributed by atoms with Crippen LogP contribution in [0, 0.1) is 0 Å². The summed E-state index contributed by atoms with van der Waals surface area (Å²) in [6.45, 7) is 0.677. The highest BCUT2D eigenvalue weighted by Gasteiger charge is 2.37. The van der Waals surface area contributed by atoms with E-state index in [0.29, 0.717) is 26.1 Å². The van der Waals surface area contributed by atoms with Crippen LogP contribution in [0.5, 0.6) is 0 Å². The molecule has 20 heavy (non-hydrogen) atoms. The van der Waals surface area contributed by atoms with Gasteiger partial charge in [0.15, 0.2) is 0 Å². The van der Waals surface area contributed by atoms with Gasteiger partial charge in [0.25, 0.3) is 0 Å². The summed E-state index contributed by atoms with van der Waals surface area (Å²) >= 11 is 0. The first kappa shape index (κ1) is 16.9. The molecule has 0 bridgehead atoms. The van der Waals surface area contributed by atoms with Crippen LogP contribution in [0.3, 0.4) is 0 Å². The van der Waals surface area contributed by atoms with Gasteiger partial charge in [0.2, 0.25) is 5.91 Å². The average molecular weight is 308 g/mol. The Morgan fingerprint density at radius 3 is 2.40 bits per heavy atom. The molecule has 1 saturated heterocycles. The highest BCUT2D eigenvalue weighted by Crippen LogP contribution is 2.18. The van der Waals surface area contributed by atoms with Gasteiger partial charge in [-0.3, -0.25) is 4.79 Å². The lowest BCUT2D eigenvalue weighted by atomic mass is 9.90. The van der Waals surface area contributed by atoms with Gasteiger partial charge in [0.1, 0.15) is 15.9 Å². The molecule has 1 unspecified atom stereocenters. The quantitative estimate of drug-likeness (QED) is 0.543. The molecule has 0 radical (unpaired) electrons. The molecule has 0 saturated carbocycles. The minimum absolute atomic E-state index is 0.188. The van der Waals surface area contributed by atoms with Crippen LogP contribution in [0.1, 0.15) is 19.3 Å². The molecule has 1 fully saturated rings. The maximum absolute atomic E-state index is 12.1. The molecule has 4 N–H and O–H groups in total. The Labute approximate surface area is 117 Å². The summed E-state index contributed by atoms with van der Waals surface area (Å²) in [5.41, 5.74) is 4.77. The summed E-state index contributed by atoms with van der Waals surface area (Å²) in [5.74, 6) is -2.18. The second-order valence-electron chi connectivity index (χ2n) is 5.05. The SMILES string of the molecule is CS(=O)(=O)CCC(NC(=O)C1(N)CCOCC1)C(=O)O. The largest absolute Gasteiger partial charge is 0.480 e. The summed E-state index contributed by atoms with van der Waals surface area (Å²) < 4.78 is 27.2. The van der Waals surface area contributed by atoms with Crippen molar-refractivity contribution < 1.29 is 27.9 Å². The molecule has 116 valence electrons. The molecule has 1 aliphatic heterocycles. The third-order valence-corrected chi connectivity index (χ3v) is 4.20. The fraction of sp³-hybridized carbons (Fsp3) is 0.818. The summed E-state index contributed by atoms with van der Waals surface area (Å²) in [6.07, 6.45) is 1.43. The van der Waals surface area contributed by atoms with Gasteiger partial charge in [0.05, 0.1) is 11.3 Å². The highest BCUT2D eigenvalue weighted by molar-refractivity contribution is 7.90. The van der Waals surface area contributed by atoms with Crippen molar-refractivity contribution in [1.82, 2.24) is 5.32 Å². The zero-order chi connectivity index (χ0) is 15.4. The second-order valence-corrected chi connectivity index (χ2v) is 7.31. The fourth-order valence-corrected chi connectivity index (χ4v) is 2.52.